The third-order valence-corrected chi connectivity index (χ3v) is 7.66. The fourth-order valence-electron chi connectivity index (χ4n) is 2.70. The maximum Gasteiger partial charge on any atom is 0.0466 e. The predicted molar refractivity (Wildman–Crippen MR) is 100 cm³/mol. The number of halogens is 2. The summed E-state index contributed by atoms with van der Waals surface area (Å²) in [7, 11) is 0. The van der Waals surface area contributed by atoms with Gasteiger partial charge in [0.05, 0.1) is 0 Å². The van der Waals surface area contributed by atoms with E-state index in [1.165, 1.54) is 17.9 Å². The van der Waals surface area contributed by atoms with Gasteiger partial charge in [0, 0.05) is 38.1 Å². The lowest BCUT2D eigenvalue weighted by atomic mass is 9.99. The van der Waals surface area contributed by atoms with E-state index in [9.17, 15) is 0 Å². The molecule has 1 aliphatic rings. The first kappa shape index (κ1) is 17.8. The summed E-state index contributed by atoms with van der Waals surface area (Å²) in [5.41, 5.74) is 1.15. The van der Waals surface area contributed by atoms with Gasteiger partial charge in [0.25, 0.3) is 0 Å². The van der Waals surface area contributed by atoms with Crippen LogP contribution in [0.4, 0.5) is 0 Å². The summed E-state index contributed by atoms with van der Waals surface area (Å²) < 4.78 is 0. The summed E-state index contributed by atoms with van der Waals surface area (Å²) >= 11 is 16.9. The topological polar surface area (TPSA) is 12.0 Å². The molecule has 1 heterocycles. The Morgan fingerprint density at radius 1 is 1.24 bits per heavy atom. The maximum absolute atomic E-state index is 6.47. The minimum atomic E-state index is 0.277. The molecule has 1 nitrogen and oxygen atoms in total. The molecule has 0 aromatic heterocycles. The zero-order valence-corrected chi connectivity index (χ0v) is 15.7. The first-order chi connectivity index (χ1) is 10.2. The van der Waals surface area contributed by atoms with E-state index in [-0.39, 0.29) is 6.04 Å². The third kappa shape index (κ3) is 4.71. The van der Waals surface area contributed by atoms with Crippen molar-refractivity contribution in [3.05, 3.63) is 33.8 Å². The van der Waals surface area contributed by atoms with Crippen molar-refractivity contribution in [3.8, 4) is 0 Å². The van der Waals surface area contributed by atoms with Gasteiger partial charge >= 0.3 is 0 Å². The van der Waals surface area contributed by atoms with Crippen LogP contribution in [0.5, 0.6) is 0 Å². The molecule has 1 saturated heterocycles. The smallest absolute Gasteiger partial charge is 0.0466 e. The molecule has 0 spiro atoms. The van der Waals surface area contributed by atoms with E-state index < -0.39 is 0 Å². The third-order valence-electron chi connectivity index (χ3n) is 3.73. The largest absolute Gasteiger partial charge is 0.309 e. The zero-order valence-electron chi connectivity index (χ0n) is 12.6. The Labute approximate surface area is 146 Å². The van der Waals surface area contributed by atoms with Crippen LogP contribution in [0.25, 0.3) is 0 Å². The van der Waals surface area contributed by atoms with E-state index >= 15 is 0 Å². The molecular weight excluding hydrogens is 341 g/mol. The molecule has 1 aromatic rings. The molecule has 5 heteroatoms. The minimum Gasteiger partial charge on any atom is -0.309 e. The van der Waals surface area contributed by atoms with Crippen molar-refractivity contribution < 1.29 is 0 Å². The SMILES string of the molecule is CCCNC(c1cc(Cl)ccc1Cl)C1SCCSC1CC. The van der Waals surface area contributed by atoms with Gasteiger partial charge < -0.3 is 5.32 Å². The van der Waals surface area contributed by atoms with Crippen LogP contribution >= 0.6 is 46.7 Å². The number of benzene rings is 1. The molecule has 2 rings (SSSR count). The van der Waals surface area contributed by atoms with Gasteiger partial charge in [0.15, 0.2) is 0 Å². The predicted octanol–water partition coefficient (Wildman–Crippen LogP) is 5.66. The average molecular weight is 364 g/mol. The Morgan fingerprint density at radius 3 is 2.71 bits per heavy atom. The Balaban J connectivity index is 2.30. The first-order valence-electron chi connectivity index (χ1n) is 7.58. The fraction of sp³-hybridized carbons (Fsp3) is 0.625. The van der Waals surface area contributed by atoms with Crippen LogP contribution < -0.4 is 5.32 Å². The Bertz CT molecular complexity index is 456. The first-order valence-corrected chi connectivity index (χ1v) is 10.4. The van der Waals surface area contributed by atoms with Crippen LogP contribution in [0.1, 0.15) is 38.3 Å². The Kier molecular flexibility index (Phi) is 7.57. The molecule has 0 amide bonds. The highest BCUT2D eigenvalue weighted by Gasteiger charge is 2.33. The van der Waals surface area contributed by atoms with Gasteiger partial charge in [-0.15, -0.1) is 0 Å². The monoisotopic (exact) mass is 363 g/mol. The van der Waals surface area contributed by atoms with Crippen molar-refractivity contribution in [2.24, 2.45) is 0 Å². The molecular formula is C16H23Cl2NS2. The van der Waals surface area contributed by atoms with Crippen LogP contribution in [0.3, 0.4) is 0 Å². The van der Waals surface area contributed by atoms with E-state index in [0.29, 0.717) is 10.5 Å². The molecule has 1 fully saturated rings. The van der Waals surface area contributed by atoms with Crippen molar-refractivity contribution >= 4 is 46.7 Å². The molecule has 0 bridgehead atoms. The highest BCUT2D eigenvalue weighted by Crippen LogP contribution is 2.42. The summed E-state index contributed by atoms with van der Waals surface area (Å²) in [6, 6.07) is 6.09. The van der Waals surface area contributed by atoms with Crippen molar-refractivity contribution in [3.63, 3.8) is 0 Å². The standard InChI is InChI=1S/C16H23Cl2NS2/c1-3-7-19-15(12-10-11(17)5-6-13(12)18)16-14(4-2)20-8-9-21-16/h5-6,10,14-16,19H,3-4,7-9H2,1-2H3. The van der Waals surface area contributed by atoms with Crippen LogP contribution in [0, 0.1) is 0 Å². The highest BCUT2D eigenvalue weighted by atomic mass is 35.5. The second-order valence-electron chi connectivity index (χ2n) is 5.25. The molecule has 118 valence electrons. The van der Waals surface area contributed by atoms with Gasteiger partial charge in [-0.05, 0) is 43.1 Å². The molecule has 0 saturated carbocycles. The lowest BCUT2D eigenvalue weighted by molar-refractivity contribution is 0.498. The van der Waals surface area contributed by atoms with Gasteiger partial charge in [-0.2, -0.15) is 23.5 Å². The molecule has 0 aliphatic carbocycles. The number of rotatable bonds is 6. The lowest BCUT2D eigenvalue weighted by Gasteiger charge is -2.37. The van der Waals surface area contributed by atoms with E-state index in [4.69, 9.17) is 23.2 Å². The number of nitrogens with one attached hydrogen (secondary N) is 1. The fourth-order valence-corrected chi connectivity index (χ4v) is 6.36. The van der Waals surface area contributed by atoms with Crippen LogP contribution in [-0.2, 0) is 0 Å². The van der Waals surface area contributed by atoms with Crippen molar-refractivity contribution in [2.75, 3.05) is 18.1 Å². The second-order valence-corrected chi connectivity index (χ2v) is 8.73. The normalized spacial score (nSPS) is 24.0. The molecule has 1 aliphatic heterocycles. The highest BCUT2D eigenvalue weighted by molar-refractivity contribution is 8.07. The van der Waals surface area contributed by atoms with E-state index in [0.717, 1.165) is 28.6 Å². The molecule has 1 N–H and O–H groups in total. The number of thioether (sulfide) groups is 2. The van der Waals surface area contributed by atoms with Crippen molar-refractivity contribution in [1.82, 2.24) is 5.32 Å². The van der Waals surface area contributed by atoms with Crippen molar-refractivity contribution in [2.45, 2.75) is 43.2 Å². The summed E-state index contributed by atoms with van der Waals surface area (Å²) in [6.07, 6.45) is 2.32. The molecule has 3 unspecified atom stereocenters. The van der Waals surface area contributed by atoms with Gasteiger partial charge in [-0.1, -0.05) is 37.0 Å². The average Bonchev–Trinajstić information content (AvgIpc) is 2.51. The summed E-state index contributed by atoms with van der Waals surface area (Å²) in [5.74, 6) is 2.47. The Morgan fingerprint density at radius 2 is 2.00 bits per heavy atom. The second kappa shape index (κ2) is 8.93. The van der Waals surface area contributed by atoms with Gasteiger partial charge in [0.2, 0.25) is 0 Å². The van der Waals surface area contributed by atoms with Gasteiger partial charge in [0.1, 0.15) is 0 Å². The minimum absolute atomic E-state index is 0.277. The quantitative estimate of drug-likeness (QED) is 0.699. The van der Waals surface area contributed by atoms with Gasteiger partial charge in [-0.25, -0.2) is 0 Å². The van der Waals surface area contributed by atoms with Gasteiger partial charge in [-0.3, -0.25) is 0 Å². The lowest BCUT2D eigenvalue weighted by Crippen LogP contribution is -2.39. The summed E-state index contributed by atoms with van der Waals surface area (Å²) in [6.45, 7) is 5.49. The van der Waals surface area contributed by atoms with E-state index in [1.807, 2.05) is 18.2 Å². The molecule has 0 radical (unpaired) electrons. The maximum atomic E-state index is 6.47. The Hall–Kier alpha value is 0.460. The van der Waals surface area contributed by atoms with E-state index in [2.05, 4.69) is 42.7 Å². The van der Waals surface area contributed by atoms with E-state index in [1.54, 1.807) is 0 Å². The number of hydrogen-bond donors (Lipinski definition) is 1. The van der Waals surface area contributed by atoms with Crippen LogP contribution in [0.15, 0.2) is 18.2 Å². The summed E-state index contributed by atoms with van der Waals surface area (Å²) in [5, 5.41) is 6.52. The molecule has 1 aromatic carbocycles. The van der Waals surface area contributed by atoms with Crippen molar-refractivity contribution in [1.29, 1.82) is 0 Å². The number of hydrogen-bond acceptors (Lipinski definition) is 3. The van der Waals surface area contributed by atoms with Crippen LogP contribution in [0.2, 0.25) is 10.0 Å². The zero-order chi connectivity index (χ0) is 15.2. The molecule has 21 heavy (non-hydrogen) atoms. The summed E-state index contributed by atoms with van der Waals surface area (Å²) in [4.78, 5) is 0. The molecule has 3 atom stereocenters. The van der Waals surface area contributed by atoms with Crippen LogP contribution in [-0.4, -0.2) is 28.6 Å².